The number of amidine groups is 1. The number of carbonyl (C=O) groups is 2. The van der Waals surface area contributed by atoms with Gasteiger partial charge < -0.3 is 15.0 Å². The van der Waals surface area contributed by atoms with Gasteiger partial charge in [-0.15, -0.1) is 0 Å². The zero-order valence-corrected chi connectivity index (χ0v) is 19.3. The van der Waals surface area contributed by atoms with Gasteiger partial charge in [0.05, 0.1) is 30.3 Å². The molecule has 1 N–H and O–H groups in total. The molecule has 0 aromatic heterocycles. The fraction of sp³-hybridized carbons (Fsp3) is 0.458. The van der Waals surface area contributed by atoms with Crippen LogP contribution in [0.2, 0.25) is 0 Å². The first-order valence-electron chi connectivity index (χ1n) is 10.8. The number of carbonyl (C=O) groups excluding carboxylic acids is 2. The second kappa shape index (κ2) is 8.91. The summed E-state index contributed by atoms with van der Waals surface area (Å²) in [6, 6.07) is 5.87. The fourth-order valence-corrected chi connectivity index (χ4v) is 5.04. The van der Waals surface area contributed by atoms with Crippen molar-refractivity contribution in [1.82, 2.24) is 10.2 Å². The van der Waals surface area contributed by atoms with E-state index in [1.165, 1.54) is 24.6 Å². The lowest BCUT2D eigenvalue weighted by Crippen LogP contribution is -2.38. The van der Waals surface area contributed by atoms with Crippen molar-refractivity contribution in [3.8, 4) is 0 Å². The third kappa shape index (κ3) is 4.56. The molecule has 2 heterocycles. The first-order valence-corrected chi connectivity index (χ1v) is 11.7. The van der Waals surface area contributed by atoms with Crippen LogP contribution in [0.3, 0.4) is 0 Å². The molecule has 7 heteroatoms. The van der Waals surface area contributed by atoms with Gasteiger partial charge >= 0.3 is 5.97 Å². The summed E-state index contributed by atoms with van der Waals surface area (Å²) in [7, 11) is 0. The largest absolute Gasteiger partial charge is 0.463 e. The monoisotopic (exact) mass is 439 g/mol. The Kier molecular flexibility index (Phi) is 6.23. The van der Waals surface area contributed by atoms with Crippen LogP contribution in [0.5, 0.6) is 0 Å². The van der Waals surface area contributed by atoms with Crippen LogP contribution in [0.1, 0.15) is 55.8 Å². The zero-order chi connectivity index (χ0) is 22.1. The maximum Gasteiger partial charge on any atom is 0.338 e. The van der Waals surface area contributed by atoms with E-state index in [2.05, 4.69) is 37.4 Å². The lowest BCUT2D eigenvalue weighted by atomic mass is 9.90. The van der Waals surface area contributed by atoms with Gasteiger partial charge in [-0.2, -0.15) is 0 Å². The number of allylic oxidation sites excluding steroid dienone is 1. The molecule has 0 unspecified atom stereocenters. The highest BCUT2D eigenvalue weighted by Crippen LogP contribution is 2.45. The number of benzene rings is 1. The topological polar surface area (TPSA) is 71.0 Å². The van der Waals surface area contributed by atoms with Crippen LogP contribution in [-0.4, -0.2) is 35.1 Å². The molecule has 1 atom stereocenters. The number of ether oxygens (including phenoxy) is 1. The summed E-state index contributed by atoms with van der Waals surface area (Å²) < 4.78 is 5.41. The Morgan fingerprint density at radius 3 is 2.71 bits per heavy atom. The van der Waals surface area contributed by atoms with Crippen molar-refractivity contribution in [3.63, 3.8) is 0 Å². The zero-order valence-electron chi connectivity index (χ0n) is 18.5. The highest BCUT2D eigenvalue weighted by Gasteiger charge is 2.41. The van der Waals surface area contributed by atoms with Gasteiger partial charge in [0.1, 0.15) is 0 Å². The Morgan fingerprint density at radius 1 is 1.26 bits per heavy atom. The summed E-state index contributed by atoms with van der Waals surface area (Å²) in [6.07, 6.45) is 2.66. The second-order valence-electron chi connectivity index (χ2n) is 8.40. The van der Waals surface area contributed by atoms with E-state index in [4.69, 9.17) is 9.73 Å². The number of amides is 1. The molecule has 0 spiro atoms. The van der Waals surface area contributed by atoms with Crippen LogP contribution in [0.25, 0.3) is 0 Å². The summed E-state index contributed by atoms with van der Waals surface area (Å²) in [6.45, 7) is 8.81. The van der Waals surface area contributed by atoms with Gasteiger partial charge in [0, 0.05) is 12.2 Å². The van der Waals surface area contributed by atoms with Crippen molar-refractivity contribution >= 4 is 28.8 Å². The SMILES string of the molecule is CCOC(=O)C1=C(C)N=C2SC=C(CC(=O)NCC3CC3)N2[C@@H]1c1ccc(C)cc1C. The normalized spacial score (nSPS) is 20.3. The van der Waals surface area contributed by atoms with Crippen LogP contribution < -0.4 is 5.32 Å². The molecule has 2 aliphatic heterocycles. The average molecular weight is 440 g/mol. The third-order valence-corrected chi connectivity index (χ3v) is 6.73. The van der Waals surface area contributed by atoms with Gasteiger partial charge in [0.25, 0.3) is 0 Å². The van der Waals surface area contributed by atoms with Crippen LogP contribution >= 0.6 is 11.8 Å². The van der Waals surface area contributed by atoms with E-state index < -0.39 is 0 Å². The molecule has 1 fully saturated rings. The van der Waals surface area contributed by atoms with Crippen molar-refractivity contribution in [2.75, 3.05) is 13.2 Å². The number of hydrogen-bond acceptors (Lipinski definition) is 6. The number of aliphatic imine (C=N–C) groups is 1. The molecular weight excluding hydrogens is 410 g/mol. The van der Waals surface area contributed by atoms with Crippen molar-refractivity contribution in [2.24, 2.45) is 10.9 Å². The number of thioether (sulfide) groups is 1. The van der Waals surface area contributed by atoms with E-state index in [9.17, 15) is 9.59 Å². The van der Waals surface area contributed by atoms with Gasteiger partial charge in [-0.05, 0) is 63.0 Å². The molecule has 0 bridgehead atoms. The molecule has 164 valence electrons. The molecule has 3 aliphatic rings. The smallest absolute Gasteiger partial charge is 0.338 e. The minimum absolute atomic E-state index is 0.00309. The summed E-state index contributed by atoms with van der Waals surface area (Å²) in [4.78, 5) is 32.3. The fourth-order valence-electron chi connectivity index (χ4n) is 4.07. The van der Waals surface area contributed by atoms with Gasteiger partial charge in [-0.1, -0.05) is 35.5 Å². The van der Waals surface area contributed by atoms with Gasteiger partial charge in [0.2, 0.25) is 5.91 Å². The summed E-state index contributed by atoms with van der Waals surface area (Å²) in [5.41, 5.74) is 5.33. The number of nitrogens with zero attached hydrogens (tertiary/aromatic N) is 2. The number of hydrogen-bond donors (Lipinski definition) is 1. The lowest BCUT2D eigenvalue weighted by Gasteiger charge is -2.37. The minimum atomic E-state index is -0.371. The maximum atomic E-state index is 13.0. The number of nitrogens with one attached hydrogen (secondary N) is 1. The highest BCUT2D eigenvalue weighted by atomic mass is 32.2. The Bertz CT molecular complexity index is 1010. The van der Waals surface area contributed by atoms with Crippen molar-refractivity contribution < 1.29 is 14.3 Å². The third-order valence-electron chi connectivity index (χ3n) is 5.84. The van der Waals surface area contributed by atoms with Crippen molar-refractivity contribution in [3.05, 3.63) is 57.3 Å². The van der Waals surface area contributed by atoms with E-state index >= 15 is 0 Å². The van der Waals surface area contributed by atoms with E-state index in [0.717, 1.165) is 34.1 Å². The van der Waals surface area contributed by atoms with Crippen LogP contribution in [-0.2, 0) is 14.3 Å². The molecule has 4 rings (SSSR count). The molecule has 0 radical (unpaired) electrons. The average Bonchev–Trinajstić information content (AvgIpc) is 3.47. The standard InChI is InChI=1S/C24H29N3O3S/c1-5-30-23(29)21-16(4)26-24-27(22(21)19-9-6-14(2)10-15(19)3)18(13-31-24)11-20(28)25-12-17-7-8-17/h6,9-10,13,17,22H,5,7-8,11-12H2,1-4H3,(H,25,28)/t22-/m1/s1. The molecule has 1 aromatic carbocycles. The summed E-state index contributed by atoms with van der Waals surface area (Å²) >= 11 is 1.50. The predicted molar refractivity (Wildman–Crippen MR) is 123 cm³/mol. The molecule has 1 aliphatic carbocycles. The minimum Gasteiger partial charge on any atom is -0.463 e. The van der Waals surface area contributed by atoms with Crippen LogP contribution in [0, 0.1) is 19.8 Å². The van der Waals surface area contributed by atoms with Crippen molar-refractivity contribution in [1.29, 1.82) is 0 Å². The molecule has 6 nitrogen and oxygen atoms in total. The highest BCUT2D eigenvalue weighted by molar-refractivity contribution is 8.16. The summed E-state index contributed by atoms with van der Waals surface area (Å²) in [5.74, 6) is 0.275. The number of fused-ring (bicyclic) bond motifs is 1. The lowest BCUT2D eigenvalue weighted by molar-refractivity contribution is -0.139. The Labute approximate surface area is 187 Å². The molecule has 0 saturated heterocycles. The molecule has 1 amide bonds. The molecule has 31 heavy (non-hydrogen) atoms. The molecule has 1 aromatic rings. The Balaban J connectivity index is 1.69. The number of rotatable bonds is 7. The Morgan fingerprint density at radius 2 is 2.03 bits per heavy atom. The molecule has 1 saturated carbocycles. The van der Waals surface area contributed by atoms with Crippen LogP contribution in [0.15, 0.2) is 45.6 Å². The van der Waals surface area contributed by atoms with E-state index in [-0.39, 0.29) is 24.3 Å². The van der Waals surface area contributed by atoms with E-state index in [1.807, 2.05) is 17.2 Å². The number of aryl methyl sites for hydroxylation is 2. The molecular formula is C24H29N3O3S. The van der Waals surface area contributed by atoms with Gasteiger partial charge in [-0.3, -0.25) is 4.79 Å². The predicted octanol–water partition coefficient (Wildman–Crippen LogP) is 4.36. The first kappa shape index (κ1) is 21.7. The van der Waals surface area contributed by atoms with E-state index in [0.29, 0.717) is 23.8 Å². The van der Waals surface area contributed by atoms with Gasteiger partial charge in [0.15, 0.2) is 5.17 Å². The van der Waals surface area contributed by atoms with Gasteiger partial charge in [-0.25, -0.2) is 9.79 Å². The number of esters is 1. The van der Waals surface area contributed by atoms with Crippen LogP contribution in [0.4, 0.5) is 0 Å². The maximum absolute atomic E-state index is 13.0. The summed E-state index contributed by atoms with van der Waals surface area (Å²) in [5, 5.41) is 5.82. The second-order valence-corrected chi connectivity index (χ2v) is 9.23. The first-order chi connectivity index (χ1) is 14.9. The van der Waals surface area contributed by atoms with E-state index in [1.54, 1.807) is 6.92 Å². The quantitative estimate of drug-likeness (QED) is 0.639. The van der Waals surface area contributed by atoms with Crippen molar-refractivity contribution in [2.45, 2.75) is 53.0 Å². The Hall–Kier alpha value is -2.54.